The molecule has 2 aliphatic rings. The molecule has 170 valence electrons. The molecule has 32 heavy (non-hydrogen) atoms. The molecule has 1 saturated carbocycles. The van der Waals surface area contributed by atoms with Gasteiger partial charge in [-0.3, -0.25) is 4.57 Å². The van der Waals surface area contributed by atoms with E-state index in [1.807, 2.05) is 4.90 Å². The predicted octanol–water partition coefficient (Wildman–Crippen LogP) is 2.67. The first kappa shape index (κ1) is 21.0. The van der Waals surface area contributed by atoms with E-state index in [0.29, 0.717) is 49.2 Å². The van der Waals surface area contributed by atoms with Gasteiger partial charge in [0.25, 0.3) is 6.43 Å². The monoisotopic (exact) mass is 444 g/mol. The fourth-order valence-electron chi connectivity index (χ4n) is 4.27. The van der Waals surface area contributed by atoms with Crippen LogP contribution in [0.3, 0.4) is 0 Å². The van der Waals surface area contributed by atoms with Crippen LogP contribution in [0, 0.1) is 0 Å². The summed E-state index contributed by atoms with van der Waals surface area (Å²) in [6.07, 6.45) is 0.889. The summed E-state index contributed by atoms with van der Waals surface area (Å²) in [5, 5.41) is 3.38. The number of hydrogen-bond acceptors (Lipinski definition) is 8. The van der Waals surface area contributed by atoms with E-state index in [0.717, 1.165) is 25.7 Å². The molecule has 2 fully saturated rings. The summed E-state index contributed by atoms with van der Waals surface area (Å²) in [5.74, 6) is 0.543. The summed E-state index contributed by atoms with van der Waals surface area (Å²) in [5.41, 5.74) is 7.02. The van der Waals surface area contributed by atoms with Crippen LogP contribution in [0.5, 0.6) is 0 Å². The highest BCUT2D eigenvalue weighted by atomic mass is 19.3. The van der Waals surface area contributed by atoms with Gasteiger partial charge in [-0.25, -0.2) is 13.8 Å². The summed E-state index contributed by atoms with van der Waals surface area (Å²) < 4.78 is 34.6. The van der Waals surface area contributed by atoms with Gasteiger partial charge >= 0.3 is 0 Å². The van der Waals surface area contributed by atoms with Crippen molar-refractivity contribution in [2.75, 3.05) is 36.5 Å². The molecular formula is C21H26F2N8O. The average molecular weight is 444 g/mol. The first-order valence-corrected chi connectivity index (χ1v) is 11.0. The molecule has 3 aromatic rings. The third-order valence-electron chi connectivity index (χ3n) is 5.99. The van der Waals surface area contributed by atoms with Gasteiger partial charge < -0.3 is 20.7 Å². The quantitative estimate of drug-likeness (QED) is 0.619. The van der Waals surface area contributed by atoms with Crippen molar-refractivity contribution in [2.45, 2.75) is 44.2 Å². The van der Waals surface area contributed by atoms with E-state index in [1.54, 1.807) is 24.3 Å². The van der Waals surface area contributed by atoms with Gasteiger partial charge in [0.05, 0.1) is 24.2 Å². The minimum atomic E-state index is -2.78. The van der Waals surface area contributed by atoms with Gasteiger partial charge in [-0.05, 0) is 37.8 Å². The van der Waals surface area contributed by atoms with Gasteiger partial charge in [-0.1, -0.05) is 12.1 Å². The van der Waals surface area contributed by atoms with Crippen LogP contribution >= 0.6 is 0 Å². The largest absolute Gasteiger partial charge is 0.378 e. The lowest BCUT2D eigenvalue weighted by Gasteiger charge is -2.29. The molecule has 1 saturated heterocycles. The molecule has 3 heterocycles. The maximum absolute atomic E-state index is 13.9. The van der Waals surface area contributed by atoms with Crippen molar-refractivity contribution in [1.29, 1.82) is 0 Å². The van der Waals surface area contributed by atoms with Crippen molar-refractivity contribution in [3.05, 3.63) is 30.1 Å². The van der Waals surface area contributed by atoms with Gasteiger partial charge in [0, 0.05) is 25.2 Å². The van der Waals surface area contributed by atoms with Gasteiger partial charge in [0.2, 0.25) is 17.8 Å². The number of alkyl halides is 2. The van der Waals surface area contributed by atoms with Crippen molar-refractivity contribution in [3.63, 3.8) is 0 Å². The van der Waals surface area contributed by atoms with E-state index in [4.69, 9.17) is 10.5 Å². The Labute approximate surface area is 184 Å². The molecule has 1 aromatic carbocycles. The van der Waals surface area contributed by atoms with Crippen LogP contribution in [0.25, 0.3) is 17.0 Å². The second-order valence-electron chi connectivity index (χ2n) is 8.21. The summed E-state index contributed by atoms with van der Waals surface area (Å²) in [7, 11) is 0. The fourth-order valence-corrected chi connectivity index (χ4v) is 4.27. The highest BCUT2D eigenvalue weighted by Crippen LogP contribution is 2.28. The molecule has 0 atom stereocenters. The van der Waals surface area contributed by atoms with E-state index in [2.05, 4.69) is 25.3 Å². The summed E-state index contributed by atoms with van der Waals surface area (Å²) >= 11 is 0. The normalized spacial score (nSPS) is 21.9. The van der Waals surface area contributed by atoms with E-state index in [-0.39, 0.29) is 23.9 Å². The number of imidazole rings is 1. The van der Waals surface area contributed by atoms with E-state index in [1.165, 1.54) is 4.57 Å². The molecule has 1 aliphatic carbocycles. The molecular weight excluding hydrogens is 418 g/mol. The van der Waals surface area contributed by atoms with Gasteiger partial charge in [0.1, 0.15) is 0 Å². The Hall–Kier alpha value is -2.92. The highest BCUT2D eigenvalue weighted by molar-refractivity contribution is 5.77. The van der Waals surface area contributed by atoms with E-state index < -0.39 is 6.43 Å². The minimum absolute atomic E-state index is 0.125. The molecule has 11 heteroatoms. The van der Waals surface area contributed by atoms with Crippen LogP contribution in [-0.2, 0) is 4.74 Å². The van der Waals surface area contributed by atoms with Gasteiger partial charge in [-0.2, -0.15) is 15.0 Å². The molecule has 9 nitrogen and oxygen atoms in total. The Morgan fingerprint density at radius 3 is 2.44 bits per heavy atom. The lowest BCUT2D eigenvalue weighted by Crippen LogP contribution is -2.38. The van der Waals surface area contributed by atoms with Crippen LogP contribution in [0.4, 0.5) is 20.7 Å². The highest BCUT2D eigenvalue weighted by Gasteiger charge is 2.25. The Bertz CT molecular complexity index is 1080. The molecule has 1 aliphatic heterocycles. The SMILES string of the molecule is NC1CCC(Nc2nc(N3CCOCC3)nc(-n3c(C(F)F)nc4ccccc43)n2)CC1. The van der Waals surface area contributed by atoms with Crippen molar-refractivity contribution in [2.24, 2.45) is 5.73 Å². The number of nitrogens with one attached hydrogen (secondary N) is 1. The fraction of sp³-hybridized carbons (Fsp3) is 0.524. The average Bonchev–Trinajstić information content (AvgIpc) is 3.21. The Morgan fingerprint density at radius 2 is 1.69 bits per heavy atom. The first-order valence-electron chi connectivity index (χ1n) is 11.0. The molecule has 0 spiro atoms. The Kier molecular flexibility index (Phi) is 5.83. The van der Waals surface area contributed by atoms with E-state index in [9.17, 15) is 8.78 Å². The molecule has 0 bridgehead atoms. The zero-order chi connectivity index (χ0) is 22.1. The predicted molar refractivity (Wildman–Crippen MR) is 116 cm³/mol. The molecule has 2 aromatic heterocycles. The number of para-hydroxylation sites is 2. The molecule has 5 rings (SSSR count). The molecule has 0 radical (unpaired) electrons. The first-order chi connectivity index (χ1) is 15.6. The number of aromatic nitrogens is 5. The van der Waals surface area contributed by atoms with Crippen molar-refractivity contribution in [3.8, 4) is 5.95 Å². The summed E-state index contributed by atoms with van der Waals surface area (Å²) in [4.78, 5) is 19.9. The number of fused-ring (bicyclic) bond motifs is 1. The third-order valence-corrected chi connectivity index (χ3v) is 5.99. The number of halogens is 2. The van der Waals surface area contributed by atoms with Crippen LogP contribution in [0.1, 0.15) is 37.9 Å². The maximum Gasteiger partial charge on any atom is 0.296 e. The number of nitrogens with zero attached hydrogens (tertiary/aromatic N) is 6. The minimum Gasteiger partial charge on any atom is -0.378 e. The van der Waals surface area contributed by atoms with Crippen LogP contribution < -0.4 is 16.0 Å². The lowest BCUT2D eigenvalue weighted by atomic mass is 9.92. The summed E-state index contributed by atoms with van der Waals surface area (Å²) in [6, 6.07) is 7.38. The van der Waals surface area contributed by atoms with Gasteiger partial charge in [0.15, 0.2) is 5.82 Å². The van der Waals surface area contributed by atoms with E-state index >= 15 is 0 Å². The molecule has 0 unspecified atom stereocenters. The zero-order valence-corrected chi connectivity index (χ0v) is 17.6. The topological polar surface area (TPSA) is 107 Å². The van der Waals surface area contributed by atoms with Gasteiger partial charge in [-0.15, -0.1) is 0 Å². The number of anilines is 2. The standard InChI is InChI=1S/C21H26F2N8O/c22-17(23)18-26-15-3-1-2-4-16(15)31(18)21-28-19(25-14-7-5-13(24)6-8-14)27-20(29-21)30-9-11-32-12-10-30/h1-4,13-14,17H,5-12,24H2,(H,25,27,28,29). The van der Waals surface area contributed by atoms with Crippen LogP contribution in [0.15, 0.2) is 24.3 Å². The van der Waals surface area contributed by atoms with Crippen molar-refractivity contribution >= 4 is 22.9 Å². The molecule has 3 N–H and O–H groups in total. The molecule has 0 amide bonds. The lowest BCUT2D eigenvalue weighted by molar-refractivity contribution is 0.122. The number of morpholine rings is 1. The Morgan fingerprint density at radius 1 is 0.969 bits per heavy atom. The third kappa shape index (κ3) is 4.22. The Balaban J connectivity index is 1.58. The zero-order valence-electron chi connectivity index (χ0n) is 17.6. The van der Waals surface area contributed by atoms with Crippen LogP contribution in [-0.4, -0.2) is 62.9 Å². The van der Waals surface area contributed by atoms with Crippen molar-refractivity contribution in [1.82, 2.24) is 24.5 Å². The number of hydrogen-bond donors (Lipinski definition) is 2. The second kappa shape index (κ2) is 8.91. The van der Waals surface area contributed by atoms with Crippen molar-refractivity contribution < 1.29 is 13.5 Å². The number of rotatable bonds is 5. The maximum atomic E-state index is 13.9. The van der Waals surface area contributed by atoms with Crippen LogP contribution in [0.2, 0.25) is 0 Å². The smallest absolute Gasteiger partial charge is 0.296 e. The second-order valence-corrected chi connectivity index (χ2v) is 8.21. The number of benzene rings is 1. The summed E-state index contributed by atoms with van der Waals surface area (Å²) in [6.45, 7) is 2.35. The number of ether oxygens (including phenoxy) is 1. The number of nitrogens with two attached hydrogens (primary N) is 1.